The molecule has 0 atom stereocenters. The minimum atomic E-state index is 1.32. The monoisotopic (exact) mass is 233 g/mol. The molecule has 0 aliphatic heterocycles. The minimum absolute atomic E-state index is 1.32. The molecule has 0 aromatic heterocycles. The fourth-order valence-electron chi connectivity index (χ4n) is 2.60. The van der Waals surface area contributed by atoms with Gasteiger partial charge in [0.2, 0.25) is 0 Å². The molecule has 18 heavy (non-hydrogen) atoms. The highest BCUT2D eigenvalue weighted by Gasteiger charge is 2.23. The molecule has 89 valence electrons. The third kappa shape index (κ3) is 1.69. The maximum atomic E-state index is 2.30. The van der Waals surface area contributed by atoms with E-state index in [0.29, 0.717) is 0 Å². The highest BCUT2D eigenvalue weighted by molar-refractivity contribution is 5.70. The summed E-state index contributed by atoms with van der Waals surface area (Å²) in [6, 6.07) is 0. The zero-order valence-electron chi connectivity index (χ0n) is 11.1. The van der Waals surface area contributed by atoms with Crippen molar-refractivity contribution in [2.45, 2.75) is 20.8 Å². The molecular weight excluding hydrogens is 216 g/mol. The largest absolute Gasteiger partial charge is 0.0684 e. The van der Waals surface area contributed by atoms with Crippen molar-refractivity contribution >= 4 is 0 Å². The predicted octanol–water partition coefficient (Wildman–Crippen LogP) is 4.78. The molecule has 0 amide bonds. The summed E-state index contributed by atoms with van der Waals surface area (Å²) in [4.78, 5) is 0. The highest BCUT2D eigenvalue weighted by Crippen LogP contribution is 2.40. The van der Waals surface area contributed by atoms with Crippen LogP contribution in [0.4, 0.5) is 0 Å². The van der Waals surface area contributed by atoms with Gasteiger partial charge in [-0.1, -0.05) is 42.5 Å². The first-order chi connectivity index (χ1) is 8.66. The smallest absolute Gasteiger partial charge is 0.0520 e. The summed E-state index contributed by atoms with van der Waals surface area (Å²) in [5, 5.41) is 0. The second-order valence-electron chi connectivity index (χ2n) is 5.07. The van der Waals surface area contributed by atoms with Gasteiger partial charge in [0.05, 0.1) is 5.92 Å². The summed E-state index contributed by atoms with van der Waals surface area (Å²) in [6.07, 6.45) is 17.7. The molecule has 1 radical (unpaired) electrons. The van der Waals surface area contributed by atoms with Crippen molar-refractivity contribution in [2.24, 2.45) is 0 Å². The van der Waals surface area contributed by atoms with Gasteiger partial charge in [-0.2, -0.15) is 0 Å². The second-order valence-corrected chi connectivity index (χ2v) is 5.07. The molecule has 0 saturated heterocycles. The van der Waals surface area contributed by atoms with Gasteiger partial charge in [-0.05, 0) is 60.3 Å². The molecular formula is C18H17. The van der Waals surface area contributed by atoms with E-state index in [1.165, 1.54) is 39.4 Å². The average Bonchev–Trinajstić information content (AvgIpc) is 2.50. The predicted molar refractivity (Wildman–Crippen MR) is 77.9 cm³/mol. The Balaban J connectivity index is 2.19. The van der Waals surface area contributed by atoms with Gasteiger partial charge in [0.1, 0.15) is 0 Å². The molecule has 3 aliphatic carbocycles. The van der Waals surface area contributed by atoms with Crippen molar-refractivity contribution in [3.8, 4) is 0 Å². The van der Waals surface area contributed by atoms with Crippen molar-refractivity contribution in [1.29, 1.82) is 0 Å². The number of fused-ring (bicyclic) bond motifs is 2. The van der Waals surface area contributed by atoms with Gasteiger partial charge in [-0.25, -0.2) is 0 Å². The van der Waals surface area contributed by atoms with Crippen LogP contribution < -0.4 is 0 Å². The van der Waals surface area contributed by atoms with Crippen LogP contribution >= 0.6 is 0 Å². The Labute approximate surface area is 109 Å². The molecule has 0 unspecified atom stereocenters. The van der Waals surface area contributed by atoms with Crippen LogP contribution in [-0.4, -0.2) is 0 Å². The molecule has 0 heteroatoms. The van der Waals surface area contributed by atoms with Crippen molar-refractivity contribution in [3.05, 3.63) is 88.0 Å². The lowest BCUT2D eigenvalue weighted by Gasteiger charge is -2.25. The third-order valence-electron chi connectivity index (χ3n) is 3.88. The van der Waals surface area contributed by atoms with E-state index in [2.05, 4.69) is 69.4 Å². The molecule has 3 aliphatic rings. The van der Waals surface area contributed by atoms with E-state index >= 15 is 0 Å². The Morgan fingerprint density at radius 2 is 1.44 bits per heavy atom. The lowest BCUT2D eigenvalue weighted by Crippen LogP contribution is -2.09. The van der Waals surface area contributed by atoms with E-state index in [9.17, 15) is 0 Å². The van der Waals surface area contributed by atoms with E-state index in [1.807, 2.05) is 0 Å². The normalized spacial score (nSPS) is 22.6. The molecule has 3 rings (SSSR count). The van der Waals surface area contributed by atoms with Crippen molar-refractivity contribution in [1.82, 2.24) is 0 Å². The minimum Gasteiger partial charge on any atom is -0.0684 e. The Bertz CT molecular complexity index is 610. The first-order valence-corrected chi connectivity index (χ1v) is 6.39. The molecule has 0 spiro atoms. The SMILES string of the molecule is CC1=C(C)C=C2C=C3C=CC=C[C]3C(C)=C2C=C1. The molecule has 0 heterocycles. The average molecular weight is 233 g/mol. The van der Waals surface area contributed by atoms with E-state index in [1.54, 1.807) is 0 Å². The summed E-state index contributed by atoms with van der Waals surface area (Å²) < 4.78 is 0. The topological polar surface area (TPSA) is 0 Å². The second kappa shape index (κ2) is 4.13. The van der Waals surface area contributed by atoms with Gasteiger partial charge < -0.3 is 0 Å². The van der Waals surface area contributed by atoms with Crippen LogP contribution in [0.15, 0.2) is 82.0 Å². The molecule has 0 aromatic carbocycles. The van der Waals surface area contributed by atoms with E-state index < -0.39 is 0 Å². The van der Waals surface area contributed by atoms with Crippen molar-refractivity contribution in [2.75, 3.05) is 0 Å². The molecule has 0 nitrogen and oxygen atoms in total. The maximum absolute atomic E-state index is 2.30. The van der Waals surface area contributed by atoms with Gasteiger partial charge >= 0.3 is 0 Å². The molecule has 0 N–H and O–H groups in total. The summed E-state index contributed by atoms with van der Waals surface area (Å²) in [6.45, 7) is 6.57. The van der Waals surface area contributed by atoms with Gasteiger partial charge in [0.15, 0.2) is 0 Å². The Kier molecular flexibility index (Phi) is 2.59. The third-order valence-corrected chi connectivity index (χ3v) is 3.88. The number of allylic oxidation sites excluding steroid dienone is 14. The number of rotatable bonds is 0. The van der Waals surface area contributed by atoms with Gasteiger partial charge in [-0.15, -0.1) is 0 Å². The fraction of sp³-hybridized carbons (Fsp3) is 0.167. The lowest BCUT2D eigenvalue weighted by atomic mass is 9.78. The van der Waals surface area contributed by atoms with E-state index in [4.69, 9.17) is 0 Å². The zero-order valence-corrected chi connectivity index (χ0v) is 11.1. The van der Waals surface area contributed by atoms with Gasteiger partial charge in [0.25, 0.3) is 0 Å². The van der Waals surface area contributed by atoms with Crippen molar-refractivity contribution in [3.63, 3.8) is 0 Å². The first kappa shape index (κ1) is 11.3. The first-order valence-electron chi connectivity index (χ1n) is 6.39. The summed E-state index contributed by atoms with van der Waals surface area (Å²) >= 11 is 0. The van der Waals surface area contributed by atoms with Crippen LogP contribution in [0.25, 0.3) is 0 Å². The Morgan fingerprint density at radius 1 is 0.667 bits per heavy atom. The molecule has 0 bridgehead atoms. The number of hydrogen-bond donors (Lipinski definition) is 0. The van der Waals surface area contributed by atoms with Crippen LogP contribution in [0.1, 0.15) is 20.8 Å². The van der Waals surface area contributed by atoms with Crippen LogP contribution in [0.5, 0.6) is 0 Å². The molecule has 0 aromatic rings. The molecule has 0 saturated carbocycles. The summed E-state index contributed by atoms with van der Waals surface area (Å²) in [5.74, 6) is 1.35. The standard InChI is InChI=1S/C18H17/c1-12-8-9-18-14(3)17-7-5-4-6-15(17)11-16(18)10-13(12)2/h4-11H,1-3H3. The van der Waals surface area contributed by atoms with Crippen LogP contribution in [0.2, 0.25) is 0 Å². The Morgan fingerprint density at radius 3 is 2.28 bits per heavy atom. The summed E-state index contributed by atoms with van der Waals surface area (Å²) in [7, 11) is 0. The van der Waals surface area contributed by atoms with Crippen molar-refractivity contribution < 1.29 is 0 Å². The molecule has 0 fully saturated rings. The quantitative estimate of drug-likeness (QED) is 0.565. The van der Waals surface area contributed by atoms with Gasteiger partial charge in [-0.3, -0.25) is 0 Å². The van der Waals surface area contributed by atoms with Crippen LogP contribution in [-0.2, 0) is 0 Å². The van der Waals surface area contributed by atoms with E-state index in [0.717, 1.165) is 0 Å². The zero-order chi connectivity index (χ0) is 12.7. The number of hydrogen-bond acceptors (Lipinski definition) is 0. The summed E-state index contributed by atoms with van der Waals surface area (Å²) in [5.41, 5.74) is 8.07. The van der Waals surface area contributed by atoms with Crippen LogP contribution in [0.3, 0.4) is 0 Å². The fourth-order valence-corrected chi connectivity index (χ4v) is 2.60. The Hall–Kier alpha value is -1.82. The van der Waals surface area contributed by atoms with E-state index in [-0.39, 0.29) is 0 Å². The maximum Gasteiger partial charge on any atom is 0.0520 e. The van der Waals surface area contributed by atoms with Gasteiger partial charge in [0, 0.05) is 0 Å². The van der Waals surface area contributed by atoms with Crippen LogP contribution in [0, 0.1) is 5.92 Å². The highest BCUT2D eigenvalue weighted by atomic mass is 14.3. The lowest BCUT2D eigenvalue weighted by molar-refractivity contribution is 1.16.